The van der Waals surface area contributed by atoms with Crippen molar-refractivity contribution in [2.75, 3.05) is 26.2 Å². The van der Waals surface area contributed by atoms with Crippen molar-refractivity contribution >= 4 is 15.9 Å². The van der Waals surface area contributed by atoms with Gasteiger partial charge in [0.25, 0.3) is 0 Å². The molecule has 0 saturated carbocycles. The van der Waals surface area contributed by atoms with Crippen molar-refractivity contribution < 1.29 is 17.9 Å². The monoisotopic (exact) mass is 392 g/mol. The predicted molar refractivity (Wildman–Crippen MR) is 103 cm³/mol. The fourth-order valence-electron chi connectivity index (χ4n) is 4.72. The van der Waals surface area contributed by atoms with Gasteiger partial charge in [-0.15, -0.1) is 0 Å². The molecule has 1 spiro atoms. The summed E-state index contributed by atoms with van der Waals surface area (Å²) in [5.41, 5.74) is 0.365. The lowest BCUT2D eigenvalue weighted by Crippen LogP contribution is -2.56. The van der Waals surface area contributed by atoms with Gasteiger partial charge in [0.1, 0.15) is 10.9 Å². The van der Waals surface area contributed by atoms with E-state index in [4.69, 9.17) is 4.74 Å². The highest BCUT2D eigenvalue weighted by Crippen LogP contribution is 2.46. The minimum atomic E-state index is -3.40. The summed E-state index contributed by atoms with van der Waals surface area (Å²) in [7, 11) is -3.40. The third-order valence-electron chi connectivity index (χ3n) is 5.94. The van der Waals surface area contributed by atoms with Crippen LogP contribution in [-0.2, 0) is 26.0 Å². The first-order valence-electron chi connectivity index (χ1n) is 9.79. The molecule has 3 atom stereocenters. The molecule has 3 aliphatic rings. The molecule has 3 heterocycles. The molecule has 0 unspecified atom stereocenters. The van der Waals surface area contributed by atoms with E-state index in [9.17, 15) is 13.2 Å². The van der Waals surface area contributed by atoms with Crippen molar-refractivity contribution in [1.29, 1.82) is 0 Å². The van der Waals surface area contributed by atoms with Crippen molar-refractivity contribution in [2.24, 2.45) is 5.92 Å². The number of rotatable bonds is 5. The number of carbonyl (C=O) groups excluding carboxylic acids is 1. The molecule has 1 aromatic carbocycles. The molecule has 0 aliphatic carbocycles. The molecule has 0 N–H and O–H groups in total. The number of fused-ring (bicyclic) bond motifs is 1. The lowest BCUT2D eigenvalue weighted by atomic mass is 9.98. The zero-order valence-electron chi connectivity index (χ0n) is 16.0. The van der Waals surface area contributed by atoms with Gasteiger partial charge in [0.2, 0.25) is 15.9 Å². The van der Waals surface area contributed by atoms with Crippen LogP contribution in [0.4, 0.5) is 0 Å². The Hall–Kier alpha value is -1.44. The highest BCUT2D eigenvalue weighted by molar-refractivity contribution is 7.90. The highest BCUT2D eigenvalue weighted by Gasteiger charge is 2.65. The average molecular weight is 393 g/mol. The van der Waals surface area contributed by atoms with E-state index < -0.39 is 20.9 Å². The van der Waals surface area contributed by atoms with E-state index in [-0.39, 0.29) is 12.0 Å². The molecule has 0 aromatic heterocycles. The minimum absolute atomic E-state index is 0.110. The van der Waals surface area contributed by atoms with Crippen LogP contribution >= 0.6 is 0 Å². The molecule has 27 heavy (non-hydrogen) atoms. The quantitative estimate of drug-likeness (QED) is 0.764. The van der Waals surface area contributed by atoms with Gasteiger partial charge in [0.05, 0.1) is 12.6 Å². The van der Waals surface area contributed by atoms with Crippen LogP contribution < -0.4 is 0 Å². The summed E-state index contributed by atoms with van der Waals surface area (Å²) in [5.74, 6) is 0.402. The second-order valence-corrected chi connectivity index (χ2v) is 10.6. The average Bonchev–Trinajstić information content (AvgIpc) is 2.99. The number of nitrogens with zero attached hydrogens (tertiary/aromatic N) is 2. The Kier molecular flexibility index (Phi) is 4.81. The van der Waals surface area contributed by atoms with Gasteiger partial charge in [0, 0.05) is 26.1 Å². The SMILES string of the molecule is CC(C)CC(=O)N1C[C@@H]2C[C@@H]3[C@@](C1)(CN(CCc1ccccc1)S3(=O)=O)O2. The zero-order chi connectivity index (χ0) is 19.2. The van der Waals surface area contributed by atoms with Crippen molar-refractivity contribution in [2.45, 2.75) is 50.1 Å². The molecule has 3 aliphatic heterocycles. The molecule has 7 heteroatoms. The predicted octanol–water partition coefficient (Wildman–Crippen LogP) is 1.66. The third-order valence-corrected chi connectivity index (χ3v) is 8.31. The van der Waals surface area contributed by atoms with E-state index in [1.807, 2.05) is 49.1 Å². The van der Waals surface area contributed by atoms with Gasteiger partial charge in [-0.3, -0.25) is 4.79 Å². The third kappa shape index (κ3) is 3.41. The summed E-state index contributed by atoms with van der Waals surface area (Å²) < 4.78 is 34.0. The molecular formula is C20H28N2O4S. The van der Waals surface area contributed by atoms with Crippen molar-refractivity contribution in [1.82, 2.24) is 9.21 Å². The maximum Gasteiger partial charge on any atom is 0.223 e. The van der Waals surface area contributed by atoms with E-state index in [2.05, 4.69) is 0 Å². The number of ether oxygens (including phenoxy) is 1. The zero-order valence-corrected chi connectivity index (χ0v) is 16.8. The Morgan fingerprint density at radius 3 is 2.70 bits per heavy atom. The van der Waals surface area contributed by atoms with Crippen LogP contribution in [0.15, 0.2) is 30.3 Å². The number of benzene rings is 1. The number of hydrogen-bond acceptors (Lipinski definition) is 4. The van der Waals surface area contributed by atoms with Crippen molar-refractivity contribution in [3.63, 3.8) is 0 Å². The van der Waals surface area contributed by atoms with E-state index in [0.717, 1.165) is 5.56 Å². The number of carbonyl (C=O) groups is 1. The van der Waals surface area contributed by atoms with Gasteiger partial charge in [-0.2, -0.15) is 4.31 Å². The summed E-state index contributed by atoms with van der Waals surface area (Å²) in [4.78, 5) is 14.4. The Labute approximate surface area is 161 Å². The molecule has 2 bridgehead atoms. The van der Waals surface area contributed by atoms with Gasteiger partial charge >= 0.3 is 0 Å². The van der Waals surface area contributed by atoms with Crippen LogP contribution in [0, 0.1) is 5.92 Å². The van der Waals surface area contributed by atoms with Gasteiger partial charge < -0.3 is 9.64 Å². The Balaban J connectivity index is 1.50. The van der Waals surface area contributed by atoms with Crippen molar-refractivity contribution in [3.8, 4) is 0 Å². The smallest absolute Gasteiger partial charge is 0.223 e. The van der Waals surface area contributed by atoms with E-state index >= 15 is 0 Å². The second-order valence-electron chi connectivity index (χ2n) is 8.52. The number of hydrogen-bond donors (Lipinski definition) is 0. The molecule has 1 amide bonds. The highest BCUT2D eigenvalue weighted by atomic mass is 32.2. The Bertz CT molecular complexity index is 811. The summed E-state index contributed by atoms with van der Waals surface area (Å²) in [6.07, 6.45) is 1.52. The lowest BCUT2D eigenvalue weighted by Gasteiger charge is -2.39. The first-order chi connectivity index (χ1) is 12.8. The van der Waals surface area contributed by atoms with E-state index in [1.54, 1.807) is 4.31 Å². The first-order valence-corrected chi connectivity index (χ1v) is 11.3. The number of sulfonamides is 1. The van der Waals surface area contributed by atoms with Gasteiger partial charge in [-0.25, -0.2) is 8.42 Å². The maximum absolute atomic E-state index is 13.1. The molecule has 148 valence electrons. The van der Waals surface area contributed by atoms with E-state index in [0.29, 0.717) is 51.4 Å². The first kappa shape index (κ1) is 18.9. The van der Waals surface area contributed by atoms with Crippen LogP contribution in [0.3, 0.4) is 0 Å². The molecule has 1 aromatic rings. The molecule has 0 radical (unpaired) electrons. The summed E-state index contributed by atoms with van der Waals surface area (Å²) in [5, 5.41) is -0.525. The summed E-state index contributed by atoms with van der Waals surface area (Å²) >= 11 is 0. The normalized spacial score (nSPS) is 32.0. The van der Waals surface area contributed by atoms with Crippen LogP contribution in [-0.4, -0.2) is 66.7 Å². The Morgan fingerprint density at radius 1 is 1.26 bits per heavy atom. The van der Waals surface area contributed by atoms with Crippen molar-refractivity contribution in [3.05, 3.63) is 35.9 Å². The molecule has 6 nitrogen and oxygen atoms in total. The summed E-state index contributed by atoms with van der Waals surface area (Å²) in [6.45, 7) is 5.77. The van der Waals surface area contributed by atoms with Crippen LogP contribution in [0.1, 0.15) is 32.3 Å². The number of amides is 1. The van der Waals surface area contributed by atoms with Crippen LogP contribution in [0.5, 0.6) is 0 Å². The van der Waals surface area contributed by atoms with Crippen LogP contribution in [0.2, 0.25) is 0 Å². The van der Waals surface area contributed by atoms with Gasteiger partial charge in [-0.1, -0.05) is 44.2 Å². The fraction of sp³-hybridized carbons (Fsp3) is 0.650. The molecular weight excluding hydrogens is 364 g/mol. The fourth-order valence-corrected chi connectivity index (χ4v) is 7.03. The van der Waals surface area contributed by atoms with Crippen LogP contribution in [0.25, 0.3) is 0 Å². The maximum atomic E-state index is 13.1. The largest absolute Gasteiger partial charge is 0.365 e. The number of morpholine rings is 1. The number of likely N-dealkylation sites (tertiary alicyclic amines) is 1. The van der Waals surface area contributed by atoms with E-state index in [1.165, 1.54) is 0 Å². The summed E-state index contributed by atoms with van der Waals surface area (Å²) in [6, 6.07) is 9.92. The standard InChI is InChI=1S/C20H28N2O4S/c1-15(2)10-19(23)21-12-17-11-18-20(13-21,26-17)14-22(27(18,24)25)9-8-16-6-4-3-5-7-16/h3-7,15,17-18H,8-14H2,1-2H3/t17-,18+,20+/m0/s1. The molecule has 3 saturated heterocycles. The van der Waals surface area contributed by atoms with Gasteiger partial charge in [0.15, 0.2) is 0 Å². The van der Waals surface area contributed by atoms with Gasteiger partial charge in [-0.05, 0) is 24.3 Å². The molecule has 3 fully saturated rings. The topological polar surface area (TPSA) is 66.9 Å². The minimum Gasteiger partial charge on any atom is -0.365 e. The second kappa shape index (κ2) is 6.87. The lowest BCUT2D eigenvalue weighted by molar-refractivity contribution is -0.151. The molecule has 4 rings (SSSR count). The Morgan fingerprint density at radius 2 is 2.00 bits per heavy atom.